The first-order valence-electron chi connectivity index (χ1n) is 8.98. The lowest BCUT2D eigenvalue weighted by Gasteiger charge is -2.35. The van der Waals surface area contributed by atoms with Crippen LogP contribution in [0.15, 0.2) is 55.0 Å². The number of rotatable bonds is 5. The predicted molar refractivity (Wildman–Crippen MR) is 97.2 cm³/mol. The monoisotopic (exact) mass is 364 g/mol. The summed E-state index contributed by atoms with van der Waals surface area (Å²) >= 11 is 0. The molecule has 8 nitrogen and oxygen atoms in total. The van der Waals surface area contributed by atoms with E-state index >= 15 is 0 Å². The Hall–Kier alpha value is -3.29. The van der Waals surface area contributed by atoms with Gasteiger partial charge >= 0.3 is 0 Å². The maximum Gasteiger partial charge on any atom is 0.261 e. The fourth-order valence-electron chi connectivity index (χ4n) is 3.31. The lowest BCUT2D eigenvalue weighted by molar-refractivity contribution is -0.137. The van der Waals surface area contributed by atoms with Crippen LogP contribution in [-0.2, 0) is 4.79 Å². The number of carbonyl (C=O) groups excluding carboxylic acids is 1. The van der Waals surface area contributed by atoms with E-state index in [2.05, 4.69) is 20.5 Å². The molecule has 0 bridgehead atoms. The standard InChI is InChI=1S/C19H20N6O2/c26-19(24-12-4-2-6-18(24)17-5-1-3-11-20-17)13-27-16-9-7-15(8-10-16)25-14-21-22-23-25/h1,3,5,7-11,14,18H,2,4,6,12-13H2/t18-/m0/s1. The highest BCUT2D eigenvalue weighted by Crippen LogP contribution is 2.29. The Balaban J connectivity index is 1.39. The number of likely N-dealkylation sites (tertiary alicyclic amines) is 1. The molecule has 0 unspecified atom stereocenters. The molecule has 1 fully saturated rings. The van der Waals surface area contributed by atoms with E-state index in [1.807, 2.05) is 35.2 Å². The van der Waals surface area contributed by atoms with Gasteiger partial charge in [0.05, 0.1) is 17.4 Å². The van der Waals surface area contributed by atoms with Crippen LogP contribution in [0.1, 0.15) is 31.0 Å². The summed E-state index contributed by atoms with van der Waals surface area (Å²) in [5.74, 6) is 0.612. The van der Waals surface area contributed by atoms with Gasteiger partial charge in [-0.25, -0.2) is 4.68 Å². The number of tetrazole rings is 1. The first-order valence-corrected chi connectivity index (χ1v) is 8.98. The number of pyridine rings is 1. The van der Waals surface area contributed by atoms with Crippen molar-refractivity contribution in [3.8, 4) is 11.4 Å². The van der Waals surface area contributed by atoms with Crippen LogP contribution in [0.2, 0.25) is 0 Å². The summed E-state index contributed by atoms with van der Waals surface area (Å²) < 4.78 is 7.26. The number of piperidine rings is 1. The molecule has 0 radical (unpaired) electrons. The Morgan fingerprint density at radius 3 is 2.78 bits per heavy atom. The molecular weight excluding hydrogens is 344 g/mol. The molecule has 4 rings (SSSR count). The average molecular weight is 364 g/mol. The molecule has 0 saturated carbocycles. The summed E-state index contributed by atoms with van der Waals surface area (Å²) in [6.07, 6.45) is 6.34. The summed E-state index contributed by atoms with van der Waals surface area (Å²) in [6, 6.07) is 13.1. The molecule has 3 heterocycles. The van der Waals surface area contributed by atoms with Crippen LogP contribution in [-0.4, -0.2) is 49.1 Å². The number of benzene rings is 1. The molecular formula is C19H20N6O2. The first-order chi connectivity index (χ1) is 13.3. The molecule has 3 aromatic rings. The van der Waals surface area contributed by atoms with E-state index < -0.39 is 0 Å². The molecule has 1 aliphatic rings. The van der Waals surface area contributed by atoms with E-state index in [0.717, 1.165) is 37.2 Å². The second-order valence-electron chi connectivity index (χ2n) is 6.39. The van der Waals surface area contributed by atoms with Crippen molar-refractivity contribution < 1.29 is 9.53 Å². The maximum absolute atomic E-state index is 12.8. The minimum atomic E-state index is -0.0186. The van der Waals surface area contributed by atoms with Crippen molar-refractivity contribution in [1.82, 2.24) is 30.1 Å². The molecule has 1 atom stereocenters. The van der Waals surface area contributed by atoms with Gasteiger partial charge in [0.25, 0.3) is 5.91 Å². The van der Waals surface area contributed by atoms with Crippen LogP contribution in [0.5, 0.6) is 5.75 Å². The molecule has 2 aromatic heterocycles. The van der Waals surface area contributed by atoms with Crippen molar-refractivity contribution in [1.29, 1.82) is 0 Å². The number of nitrogens with zero attached hydrogens (tertiary/aromatic N) is 6. The Kier molecular flexibility index (Phi) is 5.04. The van der Waals surface area contributed by atoms with Gasteiger partial charge < -0.3 is 9.64 Å². The Morgan fingerprint density at radius 1 is 1.15 bits per heavy atom. The SMILES string of the molecule is O=C(COc1ccc(-n2cnnn2)cc1)N1CCCC[C@H]1c1ccccn1. The normalized spacial score (nSPS) is 16.9. The van der Waals surface area contributed by atoms with Crippen molar-refractivity contribution in [2.24, 2.45) is 0 Å². The zero-order chi connectivity index (χ0) is 18.5. The summed E-state index contributed by atoms with van der Waals surface area (Å²) in [4.78, 5) is 19.1. The predicted octanol–water partition coefficient (Wildman–Crippen LogP) is 2.19. The van der Waals surface area contributed by atoms with Crippen LogP contribution >= 0.6 is 0 Å². The first kappa shape index (κ1) is 17.1. The van der Waals surface area contributed by atoms with Crippen molar-refractivity contribution in [2.75, 3.05) is 13.2 Å². The molecule has 0 N–H and O–H groups in total. The van der Waals surface area contributed by atoms with E-state index in [1.54, 1.807) is 23.0 Å². The summed E-state index contributed by atoms with van der Waals surface area (Å²) in [7, 11) is 0. The number of ether oxygens (including phenoxy) is 1. The van der Waals surface area contributed by atoms with Gasteiger partial charge in [-0.1, -0.05) is 6.07 Å². The number of aromatic nitrogens is 5. The van der Waals surface area contributed by atoms with Crippen LogP contribution < -0.4 is 4.74 Å². The highest BCUT2D eigenvalue weighted by atomic mass is 16.5. The van der Waals surface area contributed by atoms with Crippen molar-refractivity contribution >= 4 is 5.91 Å². The van der Waals surface area contributed by atoms with Crippen molar-refractivity contribution in [3.05, 3.63) is 60.7 Å². The smallest absolute Gasteiger partial charge is 0.261 e. The fraction of sp³-hybridized carbons (Fsp3) is 0.316. The van der Waals surface area contributed by atoms with Gasteiger partial charge in [0.15, 0.2) is 6.61 Å². The second-order valence-corrected chi connectivity index (χ2v) is 6.39. The van der Waals surface area contributed by atoms with Crippen molar-refractivity contribution in [2.45, 2.75) is 25.3 Å². The molecule has 27 heavy (non-hydrogen) atoms. The quantitative estimate of drug-likeness (QED) is 0.690. The molecule has 0 spiro atoms. The minimum Gasteiger partial charge on any atom is -0.484 e. The topological polar surface area (TPSA) is 86.0 Å². The van der Waals surface area contributed by atoms with Gasteiger partial charge in [0, 0.05) is 12.7 Å². The molecule has 8 heteroatoms. The molecule has 138 valence electrons. The maximum atomic E-state index is 12.8. The molecule has 1 amide bonds. The van der Waals surface area contributed by atoms with Gasteiger partial charge in [-0.15, -0.1) is 5.10 Å². The van der Waals surface area contributed by atoms with Gasteiger partial charge in [0.1, 0.15) is 12.1 Å². The third-order valence-corrected chi connectivity index (χ3v) is 4.66. The lowest BCUT2D eigenvalue weighted by Crippen LogP contribution is -2.41. The zero-order valence-corrected chi connectivity index (χ0v) is 14.8. The number of hydrogen-bond acceptors (Lipinski definition) is 6. The summed E-state index contributed by atoms with van der Waals surface area (Å²) in [5.41, 5.74) is 1.77. The van der Waals surface area contributed by atoms with Crippen LogP contribution in [0, 0.1) is 0 Å². The van der Waals surface area contributed by atoms with Crippen molar-refractivity contribution in [3.63, 3.8) is 0 Å². The Labute approximate surface area is 156 Å². The van der Waals surface area contributed by atoms with Gasteiger partial charge in [-0.05, 0) is 66.1 Å². The van der Waals surface area contributed by atoms with E-state index in [-0.39, 0.29) is 18.6 Å². The van der Waals surface area contributed by atoms with Gasteiger partial charge in [-0.2, -0.15) is 0 Å². The molecule has 1 aliphatic heterocycles. The largest absolute Gasteiger partial charge is 0.484 e. The number of hydrogen-bond donors (Lipinski definition) is 0. The highest BCUT2D eigenvalue weighted by molar-refractivity contribution is 5.78. The number of carbonyl (C=O) groups is 1. The fourth-order valence-corrected chi connectivity index (χ4v) is 3.31. The molecule has 1 aromatic carbocycles. The number of amides is 1. The highest BCUT2D eigenvalue weighted by Gasteiger charge is 2.28. The van der Waals surface area contributed by atoms with E-state index in [9.17, 15) is 4.79 Å². The van der Waals surface area contributed by atoms with E-state index in [1.165, 1.54) is 6.33 Å². The lowest BCUT2D eigenvalue weighted by atomic mass is 9.99. The van der Waals surface area contributed by atoms with Gasteiger partial charge in [0.2, 0.25) is 0 Å². The summed E-state index contributed by atoms with van der Waals surface area (Å²) in [6.45, 7) is 0.745. The zero-order valence-electron chi connectivity index (χ0n) is 14.8. The second kappa shape index (κ2) is 7.94. The van der Waals surface area contributed by atoms with Crippen LogP contribution in [0.4, 0.5) is 0 Å². The third kappa shape index (κ3) is 3.94. The Bertz CT molecular complexity index is 867. The van der Waals surface area contributed by atoms with Crippen LogP contribution in [0.3, 0.4) is 0 Å². The third-order valence-electron chi connectivity index (χ3n) is 4.66. The molecule has 1 saturated heterocycles. The molecule has 0 aliphatic carbocycles. The van der Waals surface area contributed by atoms with E-state index in [0.29, 0.717) is 5.75 Å². The Morgan fingerprint density at radius 2 is 2.04 bits per heavy atom. The average Bonchev–Trinajstić information content (AvgIpc) is 3.28. The minimum absolute atomic E-state index is 0.00750. The van der Waals surface area contributed by atoms with E-state index in [4.69, 9.17) is 4.74 Å². The van der Waals surface area contributed by atoms with Gasteiger partial charge in [-0.3, -0.25) is 9.78 Å². The summed E-state index contributed by atoms with van der Waals surface area (Å²) in [5, 5.41) is 11.1. The van der Waals surface area contributed by atoms with Crippen LogP contribution in [0.25, 0.3) is 5.69 Å².